The van der Waals surface area contributed by atoms with Gasteiger partial charge in [0.2, 0.25) is 0 Å². The van der Waals surface area contributed by atoms with E-state index in [1.54, 1.807) is 0 Å². The van der Waals surface area contributed by atoms with Gasteiger partial charge in [0, 0.05) is 30.7 Å². The Balaban J connectivity index is 2.03. The molecule has 2 rings (SSSR count). The van der Waals surface area contributed by atoms with Gasteiger partial charge in [-0.05, 0) is 39.2 Å². The van der Waals surface area contributed by atoms with Gasteiger partial charge in [0.15, 0.2) is 0 Å². The average molecular weight is 260 g/mol. The lowest BCUT2D eigenvalue weighted by molar-refractivity contribution is 0.0222. The minimum Gasteiger partial charge on any atom is -0.311 e. The predicted octanol–water partition coefficient (Wildman–Crippen LogP) is 3.08. The molecule has 1 fully saturated rings. The van der Waals surface area contributed by atoms with Gasteiger partial charge in [0.05, 0.1) is 0 Å². The second-order valence-electron chi connectivity index (χ2n) is 6.36. The van der Waals surface area contributed by atoms with Crippen LogP contribution in [0.4, 0.5) is 0 Å². The molecule has 0 spiro atoms. The first-order chi connectivity index (χ1) is 9.05. The summed E-state index contributed by atoms with van der Waals surface area (Å²) in [6, 6.07) is 12.0. The van der Waals surface area contributed by atoms with E-state index < -0.39 is 0 Å². The van der Waals surface area contributed by atoms with Gasteiger partial charge in [0.25, 0.3) is 0 Å². The van der Waals surface area contributed by atoms with E-state index >= 15 is 0 Å². The summed E-state index contributed by atoms with van der Waals surface area (Å²) >= 11 is 0. The lowest BCUT2D eigenvalue weighted by Crippen LogP contribution is -2.65. The number of nitrogens with one attached hydrogen (secondary N) is 1. The average Bonchev–Trinajstić information content (AvgIpc) is 2.42. The van der Waals surface area contributed by atoms with Gasteiger partial charge < -0.3 is 5.32 Å². The number of nitrogens with zero attached hydrogens (tertiary/aromatic N) is 1. The maximum absolute atomic E-state index is 3.75. The van der Waals surface area contributed by atoms with Crippen molar-refractivity contribution in [1.29, 1.82) is 0 Å². The van der Waals surface area contributed by atoms with E-state index in [-0.39, 0.29) is 0 Å². The molecule has 106 valence electrons. The van der Waals surface area contributed by atoms with Crippen LogP contribution in [-0.2, 0) is 6.42 Å². The summed E-state index contributed by atoms with van der Waals surface area (Å²) in [4.78, 5) is 2.68. The number of hydrogen-bond acceptors (Lipinski definition) is 2. The maximum atomic E-state index is 3.75. The zero-order chi connectivity index (χ0) is 13.9. The molecular formula is C17H28N2. The molecular weight excluding hydrogens is 232 g/mol. The summed E-state index contributed by atoms with van der Waals surface area (Å²) in [6.45, 7) is 11.6. The molecule has 19 heavy (non-hydrogen) atoms. The molecule has 2 heteroatoms. The Morgan fingerprint density at radius 2 is 2.00 bits per heavy atom. The summed E-state index contributed by atoms with van der Waals surface area (Å²) < 4.78 is 0. The number of benzene rings is 1. The Kier molecular flexibility index (Phi) is 4.64. The summed E-state index contributed by atoms with van der Waals surface area (Å²) in [6.07, 6.45) is 2.33. The highest BCUT2D eigenvalue weighted by Gasteiger charge is 2.37. The molecule has 2 atom stereocenters. The van der Waals surface area contributed by atoms with Crippen LogP contribution in [0.2, 0.25) is 0 Å². The largest absolute Gasteiger partial charge is 0.311 e. The smallest absolute Gasteiger partial charge is 0.0306 e. The van der Waals surface area contributed by atoms with Crippen LogP contribution in [0.1, 0.15) is 39.7 Å². The van der Waals surface area contributed by atoms with Crippen molar-refractivity contribution in [2.24, 2.45) is 0 Å². The first-order valence-electron chi connectivity index (χ1n) is 7.59. The Hall–Kier alpha value is -0.860. The van der Waals surface area contributed by atoms with E-state index in [4.69, 9.17) is 0 Å². The second kappa shape index (κ2) is 6.06. The SMILES string of the molecule is CCC1(C)CNC(Cc2ccccc2)CN1C(C)C. The summed E-state index contributed by atoms with van der Waals surface area (Å²) in [5.74, 6) is 0. The van der Waals surface area contributed by atoms with E-state index in [0.29, 0.717) is 17.6 Å². The van der Waals surface area contributed by atoms with Crippen LogP contribution in [-0.4, -0.2) is 35.6 Å². The van der Waals surface area contributed by atoms with Crippen LogP contribution in [0.3, 0.4) is 0 Å². The second-order valence-corrected chi connectivity index (χ2v) is 6.36. The Morgan fingerprint density at radius 3 is 2.58 bits per heavy atom. The third-order valence-corrected chi connectivity index (χ3v) is 4.59. The van der Waals surface area contributed by atoms with Crippen molar-refractivity contribution < 1.29 is 0 Å². The minimum absolute atomic E-state index is 0.307. The van der Waals surface area contributed by atoms with Crippen LogP contribution in [0.15, 0.2) is 30.3 Å². The number of hydrogen-bond donors (Lipinski definition) is 1. The Morgan fingerprint density at radius 1 is 1.32 bits per heavy atom. The van der Waals surface area contributed by atoms with Crippen molar-refractivity contribution >= 4 is 0 Å². The van der Waals surface area contributed by atoms with E-state index in [0.717, 1.165) is 19.5 Å². The Bertz CT molecular complexity index is 388. The molecule has 0 radical (unpaired) electrons. The molecule has 1 aliphatic rings. The quantitative estimate of drug-likeness (QED) is 0.895. The molecule has 1 aliphatic heterocycles. The van der Waals surface area contributed by atoms with Crippen molar-refractivity contribution in [3.63, 3.8) is 0 Å². The van der Waals surface area contributed by atoms with Crippen LogP contribution in [0.25, 0.3) is 0 Å². The third kappa shape index (κ3) is 3.37. The van der Waals surface area contributed by atoms with Crippen molar-refractivity contribution in [1.82, 2.24) is 10.2 Å². The fraction of sp³-hybridized carbons (Fsp3) is 0.647. The van der Waals surface area contributed by atoms with Crippen LogP contribution < -0.4 is 5.32 Å². The van der Waals surface area contributed by atoms with Gasteiger partial charge in [0.1, 0.15) is 0 Å². The van der Waals surface area contributed by atoms with E-state index in [2.05, 4.69) is 68.2 Å². The molecule has 0 bridgehead atoms. The molecule has 2 nitrogen and oxygen atoms in total. The predicted molar refractivity (Wildman–Crippen MR) is 82.5 cm³/mol. The number of piperazine rings is 1. The fourth-order valence-corrected chi connectivity index (χ4v) is 3.19. The minimum atomic E-state index is 0.307. The Labute approximate surface area is 118 Å². The van der Waals surface area contributed by atoms with Gasteiger partial charge in [-0.15, -0.1) is 0 Å². The maximum Gasteiger partial charge on any atom is 0.0306 e. The van der Waals surface area contributed by atoms with Crippen molar-refractivity contribution in [2.45, 2.75) is 58.2 Å². The van der Waals surface area contributed by atoms with E-state index in [1.165, 1.54) is 12.0 Å². The summed E-state index contributed by atoms with van der Waals surface area (Å²) in [7, 11) is 0. The molecule has 1 aromatic carbocycles. The monoisotopic (exact) mass is 260 g/mol. The van der Waals surface area contributed by atoms with E-state index in [9.17, 15) is 0 Å². The topological polar surface area (TPSA) is 15.3 Å². The zero-order valence-electron chi connectivity index (χ0n) is 12.8. The highest BCUT2D eigenvalue weighted by Crippen LogP contribution is 2.26. The van der Waals surface area contributed by atoms with Crippen LogP contribution in [0.5, 0.6) is 0 Å². The molecule has 0 aromatic heterocycles. The van der Waals surface area contributed by atoms with Crippen molar-refractivity contribution in [3.05, 3.63) is 35.9 Å². The van der Waals surface area contributed by atoms with Crippen LogP contribution >= 0.6 is 0 Å². The molecule has 1 N–H and O–H groups in total. The lowest BCUT2D eigenvalue weighted by atomic mass is 9.89. The highest BCUT2D eigenvalue weighted by molar-refractivity contribution is 5.16. The number of rotatable bonds is 4. The first kappa shape index (κ1) is 14.5. The molecule has 1 aromatic rings. The van der Waals surface area contributed by atoms with Gasteiger partial charge in [-0.25, -0.2) is 0 Å². The molecule has 1 saturated heterocycles. The van der Waals surface area contributed by atoms with Gasteiger partial charge in [-0.2, -0.15) is 0 Å². The standard InChI is InChI=1S/C17H28N2/c1-5-17(4)13-18-16(12-19(17)14(2)3)11-15-9-7-6-8-10-15/h6-10,14,16,18H,5,11-13H2,1-4H3. The highest BCUT2D eigenvalue weighted by atomic mass is 15.3. The third-order valence-electron chi connectivity index (χ3n) is 4.59. The van der Waals surface area contributed by atoms with E-state index in [1.807, 2.05) is 0 Å². The molecule has 2 unspecified atom stereocenters. The van der Waals surface area contributed by atoms with Gasteiger partial charge in [-0.3, -0.25) is 4.90 Å². The molecule has 1 heterocycles. The molecule has 0 saturated carbocycles. The van der Waals surface area contributed by atoms with Crippen molar-refractivity contribution in [3.8, 4) is 0 Å². The first-order valence-corrected chi connectivity index (χ1v) is 7.59. The zero-order valence-corrected chi connectivity index (χ0v) is 12.8. The lowest BCUT2D eigenvalue weighted by Gasteiger charge is -2.50. The van der Waals surface area contributed by atoms with Gasteiger partial charge >= 0.3 is 0 Å². The summed E-state index contributed by atoms with van der Waals surface area (Å²) in [5.41, 5.74) is 1.74. The van der Waals surface area contributed by atoms with Crippen molar-refractivity contribution in [2.75, 3.05) is 13.1 Å². The summed E-state index contributed by atoms with van der Waals surface area (Å²) in [5, 5.41) is 3.75. The fourth-order valence-electron chi connectivity index (χ4n) is 3.19. The normalized spacial score (nSPS) is 28.8. The molecule has 0 amide bonds. The van der Waals surface area contributed by atoms with Gasteiger partial charge in [-0.1, -0.05) is 37.3 Å². The molecule has 0 aliphatic carbocycles. The van der Waals surface area contributed by atoms with Crippen LogP contribution in [0, 0.1) is 0 Å².